The monoisotopic (exact) mass is 347 g/mol. The molecule has 1 spiro atoms. The third kappa shape index (κ3) is 3.29. The number of aryl methyl sites for hydroxylation is 1. The summed E-state index contributed by atoms with van der Waals surface area (Å²) in [6.07, 6.45) is 5.12. The summed E-state index contributed by atoms with van der Waals surface area (Å²) in [6, 6.07) is 4.93. The van der Waals surface area contributed by atoms with Gasteiger partial charge in [0, 0.05) is 24.4 Å². The number of benzene rings is 1. The molecule has 1 saturated heterocycles. The minimum Gasteiger partial charge on any atom is -0.344 e. The largest absolute Gasteiger partial charge is 0.344 e. The van der Waals surface area contributed by atoms with E-state index in [1.165, 1.54) is 25.7 Å². The summed E-state index contributed by atoms with van der Waals surface area (Å²) in [4.78, 5) is 18.0. The van der Waals surface area contributed by atoms with Crippen molar-refractivity contribution in [3.05, 3.63) is 33.9 Å². The first-order chi connectivity index (χ1) is 11.4. The standard InChI is InChI=1S/C18H25N3O2S/c1-13(2)11-20-17(24-12-18(20)8-4-5-9-18)19-16-7-6-15(21(22)23)10-14(16)3/h6-7,10,13H,4-5,8-9,11-12H2,1-3H3/b19-17+. The van der Waals surface area contributed by atoms with E-state index in [1.54, 1.807) is 18.2 Å². The van der Waals surface area contributed by atoms with E-state index in [2.05, 4.69) is 18.7 Å². The van der Waals surface area contributed by atoms with Crippen molar-refractivity contribution in [1.82, 2.24) is 4.90 Å². The predicted molar refractivity (Wildman–Crippen MR) is 100 cm³/mol. The summed E-state index contributed by atoms with van der Waals surface area (Å²) < 4.78 is 0. The van der Waals surface area contributed by atoms with Crippen molar-refractivity contribution in [2.75, 3.05) is 12.3 Å². The van der Waals surface area contributed by atoms with Crippen LogP contribution in [-0.4, -0.2) is 32.8 Å². The lowest BCUT2D eigenvalue weighted by Gasteiger charge is -2.37. The first kappa shape index (κ1) is 17.3. The fourth-order valence-electron chi connectivity index (χ4n) is 3.72. The summed E-state index contributed by atoms with van der Waals surface area (Å²) in [7, 11) is 0. The fraction of sp³-hybridized carbons (Fsp3) is 0.611. The highest BCUT2D eigenvalue weighted by atomic mass is 32.2. The van der Waals surface area contributed by atoms with Crippen LogP contribution in [-0.2, 0) is 0 Å². The fourth-order valence-corrected chi connectivity index (χ4v) is 5.15. The van der Waals surface area contributed by atoms with Gasteiger partial charge in [-0.3, -0.25) is 10.1 Å². The predicted octanol–water partition coefficient (Wildman–Crippen LogP) is 4.91. The maximum absolute atomic E-state index is 10.9. The Morgan fingerprint density at radius 1 is 1.38 bits per heavy atom. The second-order valence-electron chi connectivity index (χ2n) is 7.35. The molecule has 3 rings (SSSR count). The summed E-state index contributed by atoms with van der Waals surface area (Å²) in [5, 5.41) is 12.0. The molecule has 1 aromatic rings. The van der Waals surface area contributed by atoms with Crippen LogP contribution in [0, 0.1) is 23.0 Å². The molecule has 0 unspecified atom stereocenters. The van der Waals surface area contributed by atoms with Crippen LogP contribution in [0.4, 0.5) is 11.4 Å². The lowest BCUT2D eigenvalue weighted by atomic mass is 9.97. The first-order valence-corrected chi connectivity index (χ1v) is 9.64. The van der Waals surface area contributed by atoms with Gasteiger partial charge < -0.3 is 4.90 Å². The molecule has 0 radical (unpaired) electrons. The lowest BCUT2D eigenvalue weighted by Crippen LogP contribution is -2.46. The Morgan fingerprint density at radius 3 is 2.67 bits per heavy atom. The zero-order chi connectivity index (χ0) is 17.3. The second-order valence-corrected chi connectivity index (χ2v) is 8.29. The number of hydrogen-bond donors (Lipinski definition) is 0. The maximum Gasteiger partial charge on any atom is 0.269 e. The zero-order valence-corrected chi connectivity index (χ0v) is 15.4. The summed E-state index contributed by atoms with van der Waals surface area (Å²) in [6.45, 7) is 7.42. The van der Waals surface area contributed by atoms with Crippen LogP contribution in [0.5, 0.6) is 0 Å². The van der Waals surface area contributed by atoms with Crippen molar-refractivity contribution >= 4 is 28.3 Å². The van der Waals surface area contributed by atoms with Crippen LogP contribution in [0.15, 0.2) is 23.2 Å². The van der Waals surface area contributed by atoms with Crippen molar-refractivity contribution in [3.63, 3.8) is 0 Å². The quantitative estimate of drug-likeness (QED) is 0.573. The van der Waals surface area contributed by atoms with E-state index in [0.29, 0.717) is 5.92 Å². The molecule has 0 N–H and O–H groups in total. The molecular weight excluding hydrogens is 322 g/mol. The molecule has 2 aliphatic rings. The third-order valence-corrected chi connectivity index (χ3v) is 6.21. The molecule has 24 heavy (non-hydrogen) atoms. The average Bonchev–Trinajstić information content (AvgIpc) is 3.11. The molecule has 1 heterocycles. The van der Waals surface area contributed by atoms with Crippen LogP contribution < -0.4 is 0 Å². The van der Waals surface area contributed by atoms with Crippen LogP contribution in [0.2, 0.25) is 0 Å². The molecule has 5 nitrogen and oxygen atoms in total. The number of aliphatic imine (C=N–C) groups is 1. The van der Waals surface area contributed by atoms with Crippen LogP contribution in [0.25, 0.3) is 0 Å². The minimum absolute atomic E-state index is 0.127. The van der Waals surface area contributed by atoms with Crippen molar-refractivity contribution in [2.45, 2.75) is 52.0 Å². The van der Waals surface area contributed by atoms with Gasteiger partial charge in [-0.2, -0.15) is 0 Å². The maximum atomic E-state index is 10.9. The molecule has 2 fully saturated rings. The van der Waals surface area contributed by atoms with Crippen molar-refractivity contribution < 1.29 is 4.92 Å². The van der Waals surface area contributed by atoms with Gasteiger partial charge in [-0.25, -0.2) is 4.99 Å². The number of nitrogens with zero attached hydrogens (tertiary/aromatic N) is 3. The number of nitro groups is 1. The van der Waals surface area contributed by atoms with E-state index in [4.69, 9.17) is 4.99 Å². The molecule has 0 atom stereocenters. The highest BCUT2D eigenvalue weighted by Crippen LogP contribution is 2.45. The molecular formula is C18H25N3O2S. The SMILES string of the molecule is Cc1cc([N+](=O)[O-])ccc1/N=C1/SCC2(CCCC2)N1CC(C)C. The zero-order valence-electron chi connectivity index (χ0n) is 14.6. The Balaban J connectivity index is 1.92. The van der Waals surface area contributed by atoms with Gasteiger partial charge in [-0.1, -0.05) is 38.5 Å². The number of hydrogen-bond acceptors (Lipinski definition) is 4. The van der Waals surface area contributed by atoms with Crippen LogP contribution in [0.1, 0.15) is 45.1 Å². The van der Waals surface area contributed by atoms with Gasteiger partial charge >= 0.3 is 0 Å². The topological polar surface area (TPSA) is 58.7 Å². The van der Waals surface area contributed by atoms with E-state index in [1.807, 2.05) is 18.7 Å². The van der Waals surface area contributed by atoms with Gasteiger partial charge in [0.05, 0.1) is 16.1 Å². The third-order valence-electron chi connectivity index (χ3n) is 4.96. The normalized spacial score (nSPS) is 21.3. The number of nitro benzene ring substituents is 1. The Hall–Kier alpha value is -1.56. The Morgan fingerprint density at radius 2 is 2.08 bits per heavy atom. The Labute approximate surface area is 147 Å². The van der Waals surface area contributed by atoms with Gasteiger partial charge in [-0.15, -0.1) is 0 Å². The second kappa shape index (κ2) is 6.75. The van der Waals surface area contributed by atoms with Crippen LogP contribution >= 0.6 is 11.8 Å². The highest BCUT2D eigenvalue weighted by molar-refractivity contribution is 8.14. The summed E-state index contributed by atoms with van der Waals surface area (Å²) in [5.74, 6) is 1.70. The molecule has 130 valence electrons. The highest BCUT2D eigenvalue weighted by Gasteiger charge is 2.46. The van der Waals surface area contributed by atoms with Crippen molar-refractivity contribution in [1.29, 1.82) is 0 Å². The summed E-state index contributed by atoms with van der Waals surface area (Å²) in [5.41, 5.74) is 2.10. The minimum atomic E-state index is -0.354. The van der Waals surface area contributed by atoms with Gasteiger partial charge in [-0.05, 0) is 37.3 Å². The van der Waals surface area contributed by atoms with E-state index >= 15 is 0 Å². The van der Waals surface area contributed by atoms with E-state index < -0.39 is 0 Å². The molecule has 0 amide bonds. The van der Waals surface area contributed by atoms with E-state index in [-0.39, 0.29) is 16.1 Å². The van der Waals surface area contributed by atoms with E-state index in [0.717, 1.165) is 28.7 Å². The molecule has 0 bridgehead atoms. The van der Waals surface area contributed by atoms with Crippen LogP contribution in [0.3, 0.4) is 0 Å². The van der Waals surface area contributed by atoms with Crippen molar-refractivity contribution in [3.8, 4) is 0 Å². The van der Waals surface area contributed by atoms with Gasteiger partial charge in [0.15, 0.2) is 5.17 Å². The van der Waals surface area contributed by atoms with Gasteiger partial charge in [0.2, 0.25) is 0 Å². The lowest BCUT2D eigenvalue weighted by molar-refractivity contribution is -0.384. The molecule has 0 aromatic heterocycles. The summed E-state index contributed by atoms with van der Waals surface area (Å²) >= 11 is 1.84. The Kier molecular flexibility index (Phi) is 4.85. The number of thioether (sulfide) groups is 1. The number of amidine groups is 1. The molecule has 1 saturated carbocycles. The number of non-ortho nitro benzene ring substituents is 1. The number of rotatable bonds is 4. The average molecular weight is 347 g/mol. The van der Waals surface area contributed by atoms with E-state index in [9.17, 15) is 10.1 Å². The Bertz CT molecular complexity index is 666. The molecule has 1 aromatic carbocycles. The molecule has 6 heteroatoms. The first-order valence-electron chi connectivity index (χ1n) is 8.65. The van der Waals surface area contributed by atoms with Gasteiger partial charge in [0.25, 0.3) is 5.69 Å². The molecule has 1 aliphatic carbocycles. The molecule has 1 aliphatic heterocycles. The van der Waals surface area contributed by atoms with Gasteiger partial charge in [0.1, 0.15) is 0 Å². The van der Waals surface area contributed by atoms with Crippen molar-refractivity contribution in [2.24, 2.45) is 10.9 Å². The smallest absolute Gasteiger partial charge is 0.269 e.